The van der Waals surface area contributed by atoms with Gasteiger partial charge in [0.2, 0.25) is 0 Å². The smallest absolute Gasteiger partial charge is 0.318 e. The van der Waals surface area contributed by atoms with E-state index in [1.165, 1.54) is 12.1 Å². The Morgan fingerprint density at radius 1 is 1.50 bits per heavy atom. The Morgan fingerprint density at radius 3 is 2.85 bits per heavy atom. The van der Waals surface area contributed by atoms with Gasteiger partial charge in [-0.05, 0) is 18.1 Å². The fourth-order valence-electron chi connectivity index (χ4n) is 2.26. The number of nitrogens with one attached hydrogen (secondary N) is 1. The molecule has 0 radical (unpaired) electrons. The van der Waals surface area contributed by atoms with Crippen molar-refractivity contribution in [3.05, 3.63) is 29.1 Å². The first-order valence-electron chi connectivity index (χ1n) is 5.97. The predicted molar refractivity (Wildman–Crippen MR) is 67.0 cm³/mol. The summed E-state index contributed by atoms with van der Waals surface area (Å²) in [6, 6.07) is 1.49. The van der Waals surface area contributed by atoms with Crippen LogP contribution in [-0.2, 0) is 4.79 Å². The molecular weight excluding hydrogens is 267 g/mol. The van der Waals surface area contributed by atoms with Gasteiger partial charge >= 0.3 is 6.03 Å². The topological polar surface area (TPSA) is 98.5 Å². The second-order valence-corrected chi connectivity index (χ2v) is 4.56. The van der Waals surface area contributed by atoms with E-state index in [1.807, 2.05) is 5.32 Å². The van der Waals surface area contributed by atoms with Gasteiger partial charge in [0, 0.05) is 12.0 Å². The van der Waals surface area contributed by atoms with E-state index in [0.717, 1.165) is 0 Å². The number of urea groups is 1. The van der Waals surface area contributed by atoms with Crippen LogP contribution in [0.15, 0.2) is 12.1 Å². The lowest BCUT2D eigenvalue weighted by atomic mass is 10.0. The predicted octanol–water partition coefficient (Wildman–Crippen LogP) is 1.09. The van der Waals surface area contributed by atoms with Crippen LogP contribution in [0.3, 0.4) is 0 Å². The highest BCUT2D eigenvalue weighted by Crippen LogP contribution is 2.39. The van der Waals surface area contributed by atoms with E-state index in [2.05, 4.69) is 0 Å². The van der Waals surface area contributed by atoms with Crippen molar-refractivity contribution in [1.82, 2.24) is 5.32 Å². The number of amides is 3. The van der Waals surface area contributed by atoms with Crippen LogP contribution >= 0.6 is 0 Å². The molecule has 1 unspecified atom stereocenters. The van der Waals surface area contributed by atoms with Crippen LogP contribution in [0.2, 0.25) is 0 Å². The number of carbonyl (C=O) groups excluding carboxylic acids is 3. The van der Waals surface area contributed by atoms with E-state index in [0.29, 0.717) is 5.56 Å². The maximum Gasteiger partial charge on any atom is 0.318 e. The van der Waals surface area contributed by atoms with Crippen molar-refractivity contribution in [3.63, 3.8) is 0 Å². The quantitative estimate of drug-likeness (QED) is 0.865. The molecule has 20 heavy (non-hydrogen) atoms. The summed E-state index contributed by atoms with van der Waals surface area (Å²) in [5.41, 5.74) is 5.26. The highest BCUT2D eigenvalue weighted by atomic mass is 19.1. The molecule has 7 heteroatoms. The number of nitrogens with two attached hydrogens (primary N) is 1. The number of primary amides is 1. The summed E-state index contributed by atoms with van der Waals surface area (Å²) < 4.78 is 18.9. The molecule has 0 fully saturated rings. The summed E-state index contributed by atoms with van der Waals surface area (Å²) >= 11 is 0. The van der Waals surface area contributed by atoms with Gasteiger partial charge in [-0.15, -0.1) is 0 Å². The molecule has 1 aromatic rings. The largest absolute Gasteiger partial charge is 0.483 e. The van der Waals surface area contributed by atoms with Crippen LogP contribution < -0.4 is 15.8 Å². The SMILES string of the molecule is CC1CC(=O)c2c(OCC(=O)NC(N)=O)ccc(F)c21. The Morgan fingerprint density at radius 2 is 2.20 bits per heavy atom. The summed E-state index contributed by atoms with van der Waals surface area (Å²) in [6.07, 6.45) is 0.208. The van der Waals surface area contributed by atoms with E-state index in [4.69, 9.17) is 10.5 Å². The van der Waals surface area contributed by atoms with Crippen molar-refractivity contribution in [1.29, 1.82) is 0 Å². The van der Waals surface area contributed by atoms with Crippen LogP contribution in [0, 0.1) is 5.82 Å². The molecule has 1 atom stereocenters. The number of Topliss-reactive ketones (excluding diaryl/α,β-unsaturated/α-hetero) is 1. The molecule has 0 saturated heterocycles. The zero-order chi connectivity index (χ0) is 14.9. The van der Waals surface area contributed by atoms with Crippen molar-refractivity contribution >= 4 is 17.7 Å². The highest BCUT2D eigenvalue weighted by molar-refractivity contribution is 6.04. The van der Waals surface area contributed by atoms with Gasteiger partial charge in [0.1, 0.15) is 11.6 Å². The van der Waals surface area contributed by atoms with Crippen LogP contribution in [0.4, 0.5) is 9.18 Å². The molecule has 1 aliphatic carbocycles. The Kier molecular flexibility index (Phi) is 3.69. The Balaban J connectivity index is 2.20. The number of halogens is 1. The normalized spacial score (nSPS) is 16.7. The monoisotopic (exact) mass is 280 g/mol. The van der Waals surface area contributed by atoms with Crippen molar-refractivity contribution in [2.45, 2.75) is 19.3 Å². The average Bonchev–Trinajstić information content (AvgIpc) is 2.64. The molecule has 0 bridgehead atoms. The molecule has 2 rings (SSSR count). The van der Waals surface area contributed by atoms with Gasteiger partial charge in [-0.3, -0.25) is 14.9 Å². The molecule has 106 valence electrons. The van der Waals surface area contributed by atoms with Crippen molar-refractivity contribution in [2.24, 2.45) is 5.73 Å². The van der Waals surface area contributed by atoms with Gasteiger partial charge < -0.3 is 10.5 Å². The first-order valence-corrected chi connectivity index (χ1v) is 5.97. The Labute approximate surface area is 114 Å². The third-order valence-corrected chi connectivity index (χ3v) is 3.04. The van der Waals surface area contributed by atoms with Crippen molar-refractivity contribution in [2.75, 3.05) is 6.61 Å². The maximum absolute atomic E-state index is 13.7. The first-order chi connectivity index (χ1) is 9.40. The highest BCUT2D eigenvalue weighted by Gasteiger charge is 2.32. The first kappa shape index (κ1) is 14.0. The molecule has 6 nitrogen and oxygen atoms in total. The Bertz CT molecular complexity index is 600. The van der Waals surface area contributed by atoms with Gasteiger partial charge in [-0.1, -0.05) is 6.92 Å². The standard InChI is InChI=1S/C13H13FN2O4/c1-6-4-8(17)12-9(3-2-7(14)11(6)12)20-5-10(18)16-13(15)19/h2-3,6H,4-5H2,1H3,(H3,15,16,18,19). The molecule has 0 aliphatic heterocycles. The van der Waals surface area contributed by atoms with Gasteiger partial charge in [-0.25, -0.2) is 9.18 Å². The van der Waals surface area contributed by atoms with Gasteiger partial charge in [0.15, 0.2) is 12.4 Å². The summed E-state index contributed by atoms with van der Waals surface area (Å²) in [5.74, 6) is -1.52. The fraction of sp³-hybridized carbons (Fsp3) is 0.308. The number of rotatable bonds is 3. The third-order valence-electron chi connectivity index (χ3n) is 3.04. The van der Waals surface area contributed by atoms with Gasteiger partial charge in [0.25, 0.3) is 5.91 Å². The minimum absolute atomic E-state index is 0.135. The second-order valence-electron chi connectivity index (χ2n) is 4.56. The van der Waals surface area contributed by atoms with Crippen LogP contribution in [0.25, 0.3) is 0 Å². The van der Waals surface area contributed by atoms with Crippen molar-refractivity contribution in [3.8, 4) is 5.75 Å². The minimum Gasteiger partial charge on any atom is -0.483 e. The molecule has 1 aromatic carbocycles. The van der Waals surface area contributed by atoms with E-state index < -0.39 is 24.4 Å². The summed E-state index contributed by atoms with van der Waals surface area (Å²) in [5, 5.41) is 1.83. The van der Waals surface area contributed by atoms with E-state index in [9.17, 15) is 18.8 Å². The van der Waals surface area contributed by atoms with E-state index >= 15 is 0 Å². The number of imide groups is 1. The lowest BCUT2D eigenvalue weighted by molar-refractivity contribution is -0.121. The number of fused-ring (bicyclic) bond motifs is 1. The molecule has 0 saturated carbocycles. The van der Waals surface area contributed by atoms with E-state index in [1.54, 1.807) is 6.92 Å². The number of carbonyl (C=O) groups is 3. The average molecular weight is 280 g/mol. The molecule has 3 amide bonds. The van der Waals surface area contributed by atoms with Gasteiger partial charge in [-0.2, -0.15) is 0 Å². The van der Waals surface area contributed by atoms with Crippen LogP contribution in [0.1, 0.15) is 35.2 Å². The van der Waals surface area contributed by atoms with Gasteiger partial charge in [0.05, 0.1) is 5.56 Å². The third kappa shape index (κ3) is 2.61. The zero-order valence-electron chi connectivity index (χ0n) is 10.7. The zero-order valence-corrected chi connectivity index (χ0v) is 10.7. The summed E-state index contributed by atoms with van der Waals surface area (Å²) in [7, 11) is 0. The number of ketones is 1. The van der Waals surface area contributed by atoms with Crippen LogP contribution in [0.5, 0.6) is 5.75 Å². The number of hydrogen-bond acceptors (Lipinski definition) is 4. The second kappa shape index (κ2) is 5.28. The minimum atomic E-state index is -0.993. The Hall–Kier alpha value is -2.44. The summed E-state index contributed by atoms with van der Waals surface area (Å²) in [6.45, 7) is 1.26. The molecule has 0 aromatic heterocycles. The van der Waals surface area contributed by atoms with Crippen LogP contribution in [-0.4, -0.2) is 24.3 Å². The molecule has 1 aliphatic rings. The van der Waals surface area contributed by atoms with E-state index in [-0.39, 0.29) is 29.4 Å². The molecule has 3 N–H and O–H groups in total. The lowest BCUT2D eigenvalue weighted by Gasteiger charge is -2.11. The molecule has 0 spiro atoms. The number of benzene rings is 1. The molecule has 0 heterocycles. The lowest BCUT2D eigenvalue weighted by Crippen LogP contribution is -2.38. The number of hydrogen-bond donors (Lipinski definition) is 2. The fourth-order valence-corrected chi connectivity index (χ4v) is 2.26. The number of ether oxygens (including phenoxy) is 1. The molecular formula is C13H13FN2O4. The summed E-state index contributed by atoms with van der Waals surface area (Å²) in [4.78, 5) is 33.6. The maximum atomic E-state index is 13.7. The van der Waals surface area contributed by atoms with Crippen molar-refractivity contribution < 1.29 is 23.5 Å².